The summed E-state index contributed by atoms with van der Waals surface area (Å²) in [6.07, 6.45) is -4.61. The van der Waals surface area contributed by atoms with Gasteiger partial charge in [-0.25, -0.2) is 4.79 Å². The molecule has 0 saturated carbocycles. The van der Waals surface area contributed by atoms with Crippen molar-refractivity contribution in [1.29, 1.82) is 0 Å². The van der Waals surface area contributed by atoms with Crippen LogP contribution in [0, 0.1) is 0 Å². The van der Waals surface area contributed by atoms with Crippen molar-refractivity contribution in [3.8, 4) is 11.5 Å². The lowest BCUT2D eigenvalue weighted by atomic mass is 10.1. The number of amides is 2. The lowest BCUT2D eigenvalue weighted by Crippen LogP contribution is -2.20. The van der Waals surface area contributed by atoms with Crippen molar-refractivity contribution in [3.05, 3.63) is 76.3 Å². The number of halogens is 5. The number of urea groups is 1. The molecular formula is C22H18Cl2F3N3O2. The highest BCUT2D eigenvalue weighted by atomic mass is 35.5. The third-order valence-electron chi connectivity index (χ3n) is 4.31. The predicted octanol–water partition coefficient (Wildman–Crippen LogP) is 7.51. The van der Waals surface area contributed by atoms with Crippen molar-refractivity contribution in [2.75, 3.05) is 29.6 Å². The number of benzene rings is 3. The fourth-order valence-corrected chi connectivity index (χ4v) is 3.14. The lowest BCUT2D eigenvalue weighted by Gasteiger charge is -2.17. The molecule has 3 rings (SSSR count). The average Bonchev–Trinajstić information content (AvgIpc) is 2.70. The van der Waals surface area contributed by atoms with Gasteiger partial charge in [-0.3, -0.25) is 0 Å². The summed E-state index contributed by atoms with van der Waals surface area (Å²) in [6, 6.07) is 13.3. The molecule has 2 amide bonds. The molecule has 0 saturated heterocycles. The third-order valence-corrected chi connectivity index (χ3v) is 4.84. The number of nitrogens with one attached hydrogen (secondary N) is 2. The van der Waals surface area contributed by atoms with Gasteiger partial charge in [-0.15, -0.1) is 0 Å². The number of hydrogen-bond acceptors (Lipinski definition) is 3. The molecule has 0 atom stereocenters. The number of carbonyl (C=O) groups excluding carboxylic acids is 1. The van der Waals surface area contributed by atoms with Crippen LogP contribution in [0.25, 0.3) is 0 Å². The second-order valence-corrected chi connectivity index (χ2v) is 7.75. The van der Waals surface area contributed by atoms with Crippen LogP contribution in [-0.4, -0.2) is 20.1 Å². The van der Waals surface area contributed by atoms with Gasteiger partial charge in [0.15, 0.2) is 5.75 Å². The van der Waals surface area contributed by atoms with E-state index in [0.29, 0.717) is 10.7 Å². The molecule has 0 fully saturated rings. The minimum Gasteiger partial charge on any atom is -0.454 e. The Labute approximate surface area is 192 Å². The first-order valence-electron chi connectivity index (χ1n) is 9.22. The Morgan fingerprint density at radius 1 is 0.906 bits per heavy atom. The lowest BCUT2D eigenvalue weighted by molar-refractivity contribution is -0.137. The molecule has 168 valence electrons. The van der Waals surface area contributed by atoms with Crippen molar-refractivity contribution >= 4 is 46.3 Å². The smallest absolute Gasteiger partial charge is 0.416 e. The number of nitrogens with zero attached hydrogens (tertiary/aromatic N) is 1. The first-order valence-corrected chi connectivity index (χ1v) is 9.98. The van der Waals surface area contributed by atoms with Gasteiger partial charge >= 0.3 is 12.2 Å². The fraction of sp³-hybridized carbons (Fsp3) is 0.136. The van der Waals surface area contributed by atoms with Crippen molar-refractivity contribution in [2.24, 2.45) is 0 Å². The van der Waals surface area contributed by atoms with E-state index in [1.807, 2.05) is 19.0 Å². The minimum absolute atomic E-state index is 0.0275. The molecule has 0 bridgehead atoms. The molecule has 0 heterocycles. The van der Waals surface area contributed by atoms with Crippen molar-refractivity contribution < 1.29 is 22.7 Å². The van der Waals surface area contributed by atoms with E-state index >= 15 is 0 Å². The second kappa shape index (κ2) is 9.58. The normalized spacial score (nSPS) is 11.1. The third kappa shape index (κ3) is 5.99. The van der Waals surface area contributed by atoms with Crippen LogP contribution in [0.5, 0.6) is 11.5 Å². The number of hydrogen-bond donors (Lipinski definition) is 2. The van der Waals surface area contributed by atoms with E-state index in [1.54, 1.807) is 24.3 Å². The van der Waals surface area contributed by atoms with Gasteiger partial charge < -0.3 is 20.3 Å². The first kappa shape index (κ1) is 23.6. The van der Waals surface area contributed by atoms with E-state index < -0.39 is 17.8 Å². The van der Waals surface area contributed by atoms with Crippen LogP contribution >= 0.6 is 23.2 Å². The Bertz CT molecular complexity index is 1120. The summed E-state index contributed by atoms with van der Waals surface area (Å²) in [5.74, 6) is 0.138. The minimum atomic E-state index is -4.61. The quantitative estimate of drug-likeness (QED) is 0.394. The van der Waals surface area contributed by atoms with Crippen LogP contribution in [0.3, 0.4) is 0 Å². The summed E-state index contributed by atoms with van der Waals surface area (Å²) in [7, 11) is 3.74. The van der Waals surface area contributed by atoms with Crippen molar-refractivity contribution in [3.63, 3.8) is 0 Å². The molecule has 0 radical (unpaired) electrons. The molecule has 2 N–H and O–H groups in total. The molecule has 0 spiro atoms. The molecule has 0 aliphatic carbocycles. The van der Waals surface area contributed by atoms with E-state index in [-0.39, 0.29) is 22.2 Å². The summed E-state index contributed by atoms with van der Waals surface area (Å²) in [4.78, 5) is 14.4. The van der Waals surface area contributed by atoms with Gasteiger partial charge in [-0.2, -0.15) is 13.2 Å². The van der Waals surface area contributed by atoms with Gasteiger partial charge in [-0.05, 0) is 60.7 Å². The molecule has 32 heavy (non-hydrogen) atoms. The van der Waals surface area contributed by atoms with Gasteiger partial charge in [0.2, 0.25) is 0 Å². The largest absolute Gasteiger partial charge is 0.454 e. The van der Waals surface area contributed by atoms with Crippen molar-refractivity contribution in [1.82, 2.24) is 0 Å². The maximum absolute atomic E-state index is 13.2. The standard InChI is InChI=1S/C22H18Cl2F3N3O2/c1-30(2)16-7-5-15(6-8-16)28-21(31)29-18-11-13(22(25,26)27)3-9-20(18)32-19-10-4-14(23)12-17(19)24/h3-12H,1-2H3,(H2,28,29,31). The van der Waals surface area contributed by atoms with E-state index in [1.165, 1.54) is 18.2 Å². The Balaban J connectivity index is 1.85. The Morgan fingerprint density at radius 3 is 2.16 bits per heavy atom. The molecule has 0 aliphatic heterocycles. The summed E-state index contributed by atoms with van der Waals surface area (Å²) in [5, 5.41) is 5.51. The number of ether oxygens (including phenoxy) is 1. The molecule has 0 aromatic heterocycles. The number of alkyl halides is 3. The Morgan fingerprint density at radius 2 is 1.56 bits per heavy atom. The van der Waals surface area contributed by atoms with Crippen LogP contribution in [-0.2, 0) is 6.18 Å². The predicted molar refractivity (Wildman–Crippen MR) is 121 cm³/mol. The zero-order valence-electron chi connectivity index (χ0n) is 16.9. The number of carbonyl (C=O) groups is 1. The number of anilines is 3. The summed E-state index contributed by atoms with van der Waals surface area (Å²) in [5.41, 5.74) is 0.249. The summed E-state index contributed by atoms with van der Waals surface area (Å²) < 4.78 is 45.3. The van der Waals surface area contributed by atoms with Crippen LogP contribution in [0.15, 0.2) is 60.7 Å². The fourth-order valence-electron chi connectivity index (χ4n) is 2.70. The first-order chi connectivity index (χ1) is 15.0. The maximum Gasteiger partial charge on any atom is 0.416 e. The second-order valence-electron chi connectivity index (χ2n) is 6.91. The molecule has 5 nitrogen and oxygen atoms in total. The van der Waals surface area contributed by atoms with Crippen molar-refractivity contribution in [2.45, 2.75) is 6.18 Å². The monoisotopic (exact) mass is 483 g/mol. The van der Waals surface area contributed by atoms with E-state index in [9.17, 15) is 18.0 Å². The Hall–Kier alpha value is -3.10. The van der Waals surface area contributed by atoms with Gasteiger partial charge in [0.1, 0.15) is 5.75 Å². The van der Waals surface area contributed by atoms with Crippen LogP contribution in [0.4, 0.5) is 35.0 Å². The van der Waals surface area contributed by atoms with Gasteiger partial charge in [0.05, 0.1) is 16.3 Å². The highest BCUT2D eigenvalue weighted by Gasteiger charge is 2.31. The van der Waals surface area contributed by atoms with E-state index in [0.717, 1.165) is 23.9 Å². The molecule has 0 aliphatic rings. The zero-order valence-corrected chi connectivity index (χ0v) is 18.4. The topological polar surface area (TPSA) is 53.6 Å². The SMILES string of the molecule is CN(C)c1ccc(NC(=O)Nc2cc(C(F)(F)F)ccc2Oc2ccc(Cl)cc2Cl)cc1. The maximum atomic E-state index is 13.2. The van der Waals surface area contributed by atoms with Gasteiger partial charge in [0.25, 0.3) is 0 Å². The molecule has 3 aromatic carbocycles. The van der Waals surface area contributed by atoms with Crippen LogP contribution < -0.4 is 20.3 Å². The molecule has 0 unspecified atom stereocenters. The molecule has 10 heteroatoms. The van der Waals surface area contributed by atoms with E-state index in [4.69, 9.17) is 27.9 Å². The van der Waals surface area contributed by atoms with E-state index in [2.05, 4.69) is 10.6 Å². The van der Waals surface area contributed by atoms with Gasteiger partial charge in [-0.1, -0.05) is 23.2 Å². The highest BCUT2D eigenvalue weighted by Crippen LogP contribution is 2.39. The van der Waals surface area contributed by atoms with Gasteiger partial charge in [0, 0.05) is 30.5 Å². The average molecular weight is 484 g/mol. The highest BCUT2D eigenvalue weighted by molar-refractivity contribution is 6.35. The number of rotatable bonds is 5. The zero-order chi connectivity index (χ0) is 23.5. The van der Waals surface area contributed by atoms with Crippen LogP contribution in [0.1, 0.15) is 5.56 Å². The summed E-state index contributed by atoms with van der Waals surface area (Å²) in [6.45, 7) is 0. The molecular weight excluding hydrogens is 466 g/mol. The summed E-state index contributed by atoms with van der Waals surface area (Å²) >= 11 is 12.0. The van der Waals surface area contributed by atoms with Crippen LogP contribution in [0.2, 0.25) is 10.0 Å². The Kier molecular flexibility index (Phi) is 7.06. The molecule has 3 aromatic rings.